The molecule has 1 aromatic heterocycles. The number of hydrogen-bond donors (Lipinski definition) is 1. The zero-order valence-corrected chi connectivity index (χ0v) is 13.9. The number of aromatic amines is 1. The molecule has 24 heavy (non-hydrogen) atoms. The Labute approximate surface area is 140 Å². The minimum Gasteiger partial charge on any atom is -0.497 e. The maximum absolute atomic E-state index is 12.8. The van der Waals surface area contributed by atoms with Crippen LogP contribution in [0.25, 0.3) is 5.69 Å². The van der Waals surface area contributed by atoms with E-state index in [1.165, 1.54) is 4.68 Å². The fourth-order valence-corrected chi connectivity index (χ4v) is 2.64. The van der Waals surface area contributed by atoms with Gasteiger partial charge in [0.1, 0.15) is 5.75 Å². The Morgan fingerprint density at radius 2 is 1.75 bits per heavy atom. The van der Waals surface area contributed by atoms with Crippen molar-refractivity contribution in [1.29, 1.82) is 0 Å². The number of aromatic nitrogens is 2. The molecule has 0 radical (unpaired) electrons. The molecule has 0 aliphatic heterocycles. The molecule has 0 amide bonds. The molecule has 0 atom stereocenters. The van der Waals surface area contributed by atoms with Gasteiger partial charge >= 0.3 is 0 Å². The lowest BCUT2D eigenvalue weighted by Gasteiger charge is -2.01. The van der Waals surface area contributed by atoms with Crippen LogP contribution in [-0.2, 0) is 0 Å². The standard InChI is InChI=1S/C19H19N3O2/c1-13(20-15-9-11-17(24-3)12-10-15)18-14(2)21-22(19(18)23)16-7-5-4-6-8-16/h4-12,21H,1-3H3. The number of benzene rings is 2. The van der Waals surface area contributed by atoms with Gasteiger partial charge in [0.05, 0.1) is 29.8 Å². The highest BCUT2D eigenvalue weighted by molar-refractivity contribution is 6.00. The van der Waals surface area contributed by atoms with Crippen LogP contribution in [0.4, 0.5) is 5.69 Å². The summed E-state index contributed by atoms with van der Waals surface area (Å²) in [5.74, 6) is 0.774. The molecule has 2 aromatic carbocycles. The van der Waals surface area contributed by atoms with Gasteiger partial charge in [-0.3, -0.25) is 14.9 Å². The van der Waals surface area contributed by atoms with E-state index in [1.54, 1.807) is 7.11 Å². The Bertz CT molecular complexity index is 919. The largest absolute Gasteiger partial charge is 0.497 e. The van der Waals surface area contributed by atoms with E-state index in [2.05, 4.69) is 10.1 Å². The molecule has 0 saturated heterocycles. The third kappa shape index (κ3) is 3.01. The number of aryl methyl sites for hydroxylation is 1. The summed E-state index contributed by atoms with van der Waals surface area (Å²) >= 11 is 0. The molecule has 122 valence electrons. The summed E-state index contributed by atoms with van der Waals surface area (Å²) in [4.78, 5) is 17.3. The number of nitrogens with one attached hydrogen (secondary N) is 1. The molecule has 0 saturated carbocycles. The summed E-state index contributed by atoms with van der Waals surface area (Å²) in [5, 5.41) is 3.12. The van der Waals surface area contributed by atoms with Gasteiger partial charge in [0.25, 0.3) is 5.56 Å². The van der Waals surface area contributed by atoms with Crippen molar-refractivity contribution in [2.45, 2.75) is 13.8 Å². The molecule has 3 aromatic rings. The summed E-state index contributed by atoms with van der Waals surface area (Å²) in [6, 6.07) is 16.9. The van der Waals surface area contributed by atoms with Crippen LogP contribution >= 0.6 is 0 Å². The van der Waals surface area contributed by atoms with Gasteiger partial charge in [-0.2, -0.15) is 0 Å². The number of nitrogens with zero attached hydrogens (tertiary/aromatic N) is 2. The number of para-hydroxylation sites is 1. The third-order valence-corrected chi connectivity index (χ3v) is 3.82. The third-order valence-electron chi connectivity index (χ3n) is 3.82. The van der Waals surface area contributed by atoms with E-state index in [1.807, 2.05) is 68.4 Å². The second-order valence-electron chi connectivity index (χ2n) is 5.48. The van der Waals surface area contributed by atoms with E-state index in [0.29, 0.717) is 11.3 Å². The van der Waals surface area contributed by atoms with Crippen LogP contribution in [0.2, 0.25) is 0 Å². The average Bonchev–Trinajstić information content (AvgIpc) is 2.91. The van der Waals surface area contributed by atoms with Gasteiger partial charge in [0, 0.05) is 5.69 Å². The van der Waals surface area contributed by atoms with Gasteiger partial charge in [0.15, 0.2) is 0 Å². The Morgan fingerprint density at radius 1 is 1.08 bits per heavy atom. The first-order chi connectivity index (χ1) is 11.6. The van der Waals surface area contributed by atoms with Crippen LogP contribution in [0.5, 0.6) is 5.75 Å². The Balaban J connectivity index is 2.01. The fourth-order valence-electron chi connectivity index (χ4n) is 2.64. The highest BCUT2D eigenvalue weighted by atomic mass is 16.5. The summed E-state index contributed by atoms with van der Waals surface area (Å²) in [6.45, 7) is 3.72. The van der Waals surface area contributed by atoms with Crippen molar-refractivity contribution in [3.8, 4) is 11.4 Å². The van der Waals surface area contributed by atoms with Crippen molar-refractivity contribution >= 4 is 11.4 Å². The fraction of sp³-hybridized carbons (Fsp3) is 0.158. The number of ether oxygens (including phenoxy) is 1. The minimum atomic E-state index is -0.103. The molecule has 0 aliphatic carbocycles. The first kappa shape index (κ1) is 15.8. The highest BCUT2D eigenvalue weighted by Gasteiger charge is 2.14. The van der Waals surface area contributed by atoms with E-state index < -0.39 is 0 Å². The van der Waals surface area contributed by atoms with E-state index >= 15 is 0 Å². The summed E-state index contributed by atoms with van der Waals surface area (Å²) in [6.07, 6.45) is 0. The number of H-pyrrole nitrogens is 1. The van der Waals surface area contributed by atoms with Crippen molar-refractivity contribution in [2.75, 3.05) is 7.11 Å². The highest BCUT2D eigenvalue weighted by Crippen LogP contribution is 2.19. The van der Waals surface area contributed by atoms with Gasteiger partial charge < -0.3 is 4.74 Å². The topological polar surface area (TPSA) is 59.4 Å². The lowest BCUT2D eigenvalue weighted by molar-refractivity contribution is 0.415. The monoisotopic (exact) mass is 321 g/mol. The number of aliphatic imine (C=N–C) groups is 1. The van der Waals surface area contributed by atoms with Gasteiger partial charge in [0.2, 0.25) is 0 Å². The quantitative estimate of drug-likeness (QED) is 0.746. The van der Waals surface area contributed by atoms with Crippen molar-refractivity contribution in [3.63, 3.8) is 0 Å². The van der Waals surface area contributed by atoms with Crippen molar-refractivity contribution in [2.24, 2.45) is 4.99 Å². The van der Waals surface area contributed by atoms with Gasteiger partial charge in [-0.25, -0.2) is 4.68 Å². The Kier molecular flexibility index (Phi) is 4.33. The van der Waals surface area contributed by atoms with Crippen LogP contribution in [0, 0.1) is 6.92 Å². The molecule has 5 nitrogen and oxygen atoms in total. The van der Waals surface area contributed by atoms with Crippen LogP contribution < -0.4 is 10.3 Å². The number of rotatable bonds is 4. The van der Waals surface area contributed by atoms with E-state index in [-0.39, 0.29) is 5.56 Å². The van der Waals surface area contributed by atoms with Crippen LogP contribution in [0.15, 0.2) is 64.4 Å². The summed E-state index contributed by atoms with van der Waals surface area (Å²) in [7, 11) is 1.62. The molecular formula is C19H19N3O2. The lowest BCUT2D eigenvalue weighted by atomic mass is 10.1. The predicted octanol–water partition coefficient (Wildman–Crippen LogP) is 3.62. The Morgan fingerprint density at radius 3 is 2.38 bits per heavy atom. The first-order valence-electron chi connectivity index (χ1n) is 7.67. The van der Waals surface area contributed by atoms with Crippen molar-refractivity contribution in [3.05, 3.63) is 76.2 Å². The molecule has 0 bridgehead atoms. The summed E-state index contributed by atoms with van der Waals surface area (Å²) in [5.41, 5.74) is 3.53. The van der Waals surface area contributed by atoms with Crippen molar-refractivity contribution < 1.29 is 4.74 Å². The molecular weight excluding hydrogens is 302 g/mol. The predicted molar refractivity (Wildman–Crippen MR) is 96.0 cm³/mol. The smallest absolute Gasteiger partial charge is 0.280 e. The molecule has 1 N–H and O–H groups in total. The maximum Gasteiger partial charge on any atom is 0.280 e. The maximum atomic E-state index is 12.8. The van der Waals surface area contributed by atoms with Gasteiger partial charge in [-0.15, -0.1) is 0 Å². The normalized spacial score (nSPS) is 11.5. The SMILES string of the molecule is COc1ccc(N=C(C)c2c(C)[nH]n(-c3ccccc3)c2=O)cc1. The zero-order chi connectivity index (χ0) is 17.1. The zero-order valence-electron chi connectivity index (χ0n) is 13.9. The number of methoxy groups -OCH3 is 1. The number of hydrogen-bond acceptors (Lipinski definition) is 3. The Hall–Kier alpha value is -3.08. The van der Waals surface area contributed by atoms with E-state index in [9.17, 15) is 4.79 Å². The van der Waals surface area contributed by atoms with E-state index in [4.69, 9.17) is 4.74 Å². The molecule has 0 spiro atoms. The molecule has 0 aliphatic rings. The second-order valence-corrected chi connectivity index (χ2v) is 5.48. The minimum absolute atomic E-state index is 0.103. The molecule has 1 heterocycles. The van der Waals surface area contributed by atoms with Gasteiger partial charge in [-0.05, 0) is 50.2 Å². The summed E-state index contributed by atoms with van der Waals surface area (Å²) < 4.78 is 6.68. The second kappa shape index (κ2) is 6.58. The van der Waals surface area contributed by atoms with E-state index in [0.717, 1.165) is 22.8 Å². The molecule has 5 heteroatoms. The molecule has 3 rings (SSSR count). The van der Waals surface area contributed by atoms with Crippen molar-refractivity contribution in [1.82, 2.24) is 9.78 Å². The molecule has 0 unspecified atom stereocenters. The van der Waals surface area contributed by atoms with Gasteiger partial charge in [-0.1, -0.05) is 18.2 Å². The van der Waals surface area contributed by atoms with Crippen LogP contribution in [0.1, 0.15) is 18.2 Å². The molecule has 0 fully saturated rings. The average molecular weight is 321 g/mol. The first-order valence-corrected chi connectivity index (χ1v) is 7.67. The van der Waals surface area contributed by atoms with Crippen LogP contribution in [-0.4, -0.2) is 22.6 Å². The van der Waals surface area contributed by atoms with Crippen LogP contribution in [0.3, 0.4) is 0 Å². The lowest BCUT2D eigenvalue weighted by Crippen LogP contribution is -2.19.